The van der Waals surface area contributed by atoms with E-state index in [2.05, 4.69) is 18.3 Å². The lowest BCUT2D eigenvalue weighted by Gasteiger charge is -2.60. The molecule has 3 fully saturated rings. The highest BCUT2D eigenvalue weighted by atomic mass is 16.5. The van der Waals surface area contributed by atoms with Gasteiger partial charge in [-0.25, -0.2) is 0 Å². The van der Waals surface area contributed by atoms with Crippen LogP contribution in [0.4, 0.5) is 0 Å². The van der Waals surface area contributed by atoms with Crippen LogP contribution in [-0.4, -0.2) is 58.5 Å². The molecule has 0 spiro atoms. The summed E-state index contributed by atoms with van der Waals surface area (Å²) < 4.78 is 5.25. The Hall–Kier alpha value is -2.32. The number of carbonyl (C=O) groups is 4. The van der Waals surface area contributed by atoms with E-state index in [9.17, 15) is 29.4 Å². The summed E-state index contributed by atoms with van der Waals surface area (Å²) in [6, 6.07) is 0. The zero-order valence-electron chi connectivity index (χ0n) is 24.7. The van der Waals surface area contributed by atoms with E-state index >= 15 is 0 Å². The molecule has 0 saturated heterocycles. The number of fused-ring (bicyclic) bond motifs is 5. The SMILES string of the molecule is C[C@]12CCC(=O)C=C1CC[C@H]1[C@H]2[C@@H](O)C[C@@]2(C)[C@H]1CC[C@]2(O)C(=O)COC(=O)CCC(=O)NCCC1=CCCCC1. The standard InChI is InChI=1S/C33H47NO7/c1-31-15-12-23(35)18-22(31)8-9-24-25-13-16-33(40,32(25,2)19-26(36)30(24)31)27(37)20-41-29(39)11-10-28(38)34-17-14-21-6-4-3-5-7-21/h6,18,24-26,30,36,40H,3-5,7-17,19-20H2,1-2H3,(H,34,38)/t24-,25+,26+,30+,31+,32+,33+/m1/s1. The van der Waals surface area contributed by atoms with Gasteiger partial charge < -0.3 is 20.3 Å². The third kappa shape index (κ3) is 5.58. The van der Waals surface area contributed by atoms with E-state index in [-0.39, 0.29) is 54.1 Å². The number of aliphatic hydroxyl groups is 2. The van der Waals surface area contributed by atoms with Crippen LogP contribution in [0.25, 0.3) is 0 Å². The van der Waals surface area contributed by atoms with Gasteiger partial charge in [0.2, 0.25) is 11.7 Å². The average molecular weight is 570 g/mol. The summed E-state index contributed by atoms with van der Waals surface area (Å²) in [6.07, 6.45) is 12.7. The van der Waals surface area contributed by atoms with Crippen molar-refractivity contribution in [3.8, 4) is 0 Å². The van der Waals surface area contributed by atoms with Crippen LogP contribution in [0.3, 0.4) is 0 Å². The number of allylic oxidation sites excluding steroid dienone is 2. The number of aliphatic hydroxyl groups excluding tert-OH is 1. The number of nitrogens with one attached hydrogen (secondary N) is 1. The van der Waals surface area contributed by atoms with E-state index in [1.807, 2.05) is 6.92 Å². The van der Waals surface area contributed by atoms with Crippen molar-refractivity contribution in [3.05, 3.63) is 23.3 Å². The Labute approximate surface area is 243 Å². The molecule has 8 heteroatoms. The van der Waals surface area contributed by atoms with Gasteiger partial charge in [0.15, 0.2) is 12.4 Å². The Morgan fingerprint density at radius 3 is 2.63 bits per heavy atom. The van der Waals surface area contributed by atoms with Crippen LogP contribution in [0.15, 0.2) is 23.3 Å². The maximum absolute atomic E-state index is 13.4. The fourth-order valence-corrected chi connectivity index (χ4v) is 9.29. The van der Waals surface area contributed by atoms with E-state index in [0.29, 0.717) is 25.8 Å². The lowest BCUT2D eigenvalue weighted by molar-refractivity contribution is -0.184. The second-order valence-electron chi connectivity index (χ2n) is 13.8. The van der Waals surface area contributed by atoms with Crippen LogP contribution >= 0.6 is 0 Å². The summed E-state index contributed by atoms with van der Waals surface area (Å²) in [5.74, 6) is -1.02. The molecule has 0 aliphatic heterocycles. The molecule has 0 unspecified atom stereocenters. The highest BCUT2D eigenvalue weighted by Crippen LogP contribution is 2.67. The molecule has 0 heterocycles. The molecular formula is C33H47NO7. The molecule has 5 rings (SSSR count). The normalized spacial score (nSPS) is 38.1. The molecule has 0 bridgehead atoms. The molecule has 0 aromatic rings. The van der Waals surface area contributed by atoms with Crippen molar-refractivity contribution >= 4 is 23.4 Å². The number of esters is 1. The zero-order valence-corrected chi connectivity index (χ0v) is 24.7. The van der Waals surface area contributed by atoms with Gasteiger partial charge in [0.05, 0.1) is 12.5 Å². The highest BCUT2D eigenvalue weighted by molar-refractivity contribution is 5.92. The van der Waals surface area contributed by atoms with Gasteiger partial charge in [0.25, 0.3) is 0 Å². The number of carbonyl (C=O) groups excluding carboxylic acids is 4. The summed E-state index contributed by atoms with van der Waals surface area (Å²) in [5.41, 5.74) is -0.233. The topological polar surface area (TPSA) is 130 Å². The van der Waals surface area contributed by atoms with E-state index in [1.165, 1.54) is 18.4 Å². The van der Waals surface area contributed by atoms with Gasteiger partial charge >= 0.3 is 5.97 Å². The molecule has 0 radical (unpaired) electrons. The number of amides is 1. The van der Waals surface area contributed by atoms with Crippen LogP contribution in [0, 0.1) is 28.6 Å². The second-order valence-corrected chi connectivity index (χ2v) is 13.8. The Kier molecular flexibility index (Phi) is 8.64. The second kappa shape index (κ2) is 11.8. The highest BCUT2D eigenvalue weighted by Gasteiger charge is 2.68. The minimum absolute atomic E-state index is 0.00510. The van der Waals surface area contributed by atoms with Crippen LogP contribution in [-0.2, 0) is 23.9 Å². The van der Waals surface area contributed by atoms with Gasteiger partial charge in [-0.1, -0.05) is 31.1 Å². The Morgan fingerprint density at radius 1 is 1.07 bits per heavy atom. The molecule has 3 saturated carbocycles. The van der Waals surface area contributed by atoms with Crippen LogP contribution in [0.2, 0.25) is 0 Å². The first kappa shape index (κ1) is 30.1. The van der Waals surface area contributed by atoms with Crippen molar-refractivity contribution in [1.29, 1.82) is 0 Å². The van der Waals surface area contributed by atoms with Gasteiger partial charge in [-0.05, 0) is 99.9 Å². The van der Waals surface area contributed by atoms with Gasteiger partial charge in [-0.2, -0.15) is 0 Å². The van der Waals surface area contributed by atoms with Gasteiger partial charge in [-0.15, -0.1) is 0 Å². The average Bonchev–Trinajstić information content (AvgIpc) is 3.22. The number of hydrogen-bond donors (Lipinski definition) is 3. The number of ketones is 2. The summed E-state index contributed by atoms with van der Waals surface area (Å²) >= 11 is 0. The van der Waals surface area contributed by atoms with Gasteiger partial charge in [0, 0.05) is 24.8 Å². The van der Waals surface area contributed by atoms with Crippen LogP contribution in [0.1, 0.15) is 104 Å². The molecule has 226 valence electrons. The lowest BCUT2D eigenvalue weighted by atomic mass is 9.45. The van der Waals surface area contributed by atoms with Crippen molar-refractivity contribution in [2.24, 2.45) is 28.6 Å². The predicted molar refractivity (Wildman–Crippen MR) is 152 cm³/mol. The van der Waals surface area contributed by atoms with Crippen molar-refractivity contribution < 1.29 is 34.1 Å². The largest absolute Gasteiger partial charge is 0.458 e. The first-order valence-electron chi connectivity index (χ1n) is 15.8. The molecular weight excluding hydrogens is 522 g/mol. The van der Waals surface area contributed by atoms with Gasteiger partial charge in [0.1, 0.15) is 5.60 Å². The van der Waals surface area contributed by atoms with Crippen molar-refractivity contribution in [1.82, 2.24) is 5.32 Å². The number of rotatable bonds is 9. The van der Waals surface area contributed by atoms with E-state index in [4.69, 9.17) is 4.74 Å². The third-order valence-corrected chi connectivity index (χ3v) is 11.6. The molecule has 0 aromatic heterocycles. The number of Topliss-reactive ketones (excluding diaryl/α,β-unsaturated/α-hetero) is 1. The van der Waals surface area contributed by atoms with E-state index in [1.54, 1.807) is 6.08 Å². The van der Waals surface area contributed by atoms with Gasteiger partial charge in [-0.3, -0.25) is 19.2 Å². The molecule has 1 amide bonds. The summed E-state index contributed by atoms with van der Waals surface area (Å²) in [4.78, 5) is 50.1. The summed E-state index contributed by atoms with van der Waals surface area (Å²) in [6.45, 7) is 4.10. The predicted octanol–water partition coefficient (Wildman–Crippen LogP) is 4.12. The molecule has 7 atom stereocenters. The smallest absolute Gasteiger partial charge is 0.306 e. The molecule has 0 aromatic carbocycles. The quantitative estimate of drug-likeness (QED) is 0.281. The first-order chi connectivity index (χ1) is 19.5. The van der Waals surface area contributed by atoms with Crippen molar-refractivity contribution in [2.45, 2.75) is 115 Å². The minimum atomic E-state index is -1.69. The third-order valence-electron chi connectivity index (χ3n) is 11.6. The molecule has 5 aliphatic rings. The molecule has 41 heavy (non-hydrogen) atoms. The minimum Gasteiger partial charge on any atom is -0.458 e. The van der Waals surface area contributed by atoms with Crippen LogP contribution in [0.5, 0.6) is 0 Å². The first-order valence-corrected chi connectivity index (χ1v) is 15.8. The Bertz CT molecular complexity index is 1140. The van der Waals surface area contributed by atoms with Crippen LogP contribution < -0.4 is 5.32 Å². The maximum atomic E-state index is 13.4. The fraction of sp³-hybridized carbons (Fsp3) is 0.758. The molecule has 8 nitrogen and oxygen atoms in total. The van der Waals surface area contributed by atoms with Crippen molar-refractivity contribution in [3.63, 3.8) is 0 Å². The zero-order chi connectivity index (χ0) is 29.4. The van der Waals surface area contributed by atoms with E-state index < -0.39 is 35.5 Å². The number of hydrogen-bond acceptors (Lipinski definition) is 7. The molecule has 5 aliphatic carbocycles. The summed E-state index contributed by atoms with van der Waals surface area (Å²) in [5, 5.41) is 26.2. The van der Waals surface area contributed by atoms with Crippen molar-refractivity contribution in [2.75, 3.05) is 13.2 Å². The maximum Gasteiger partial charge on any atom is 0.306 e. The Morgan fingerprint density at radius 2 is 1.88 bits per heavy atom. The molecule has 3 N–H and O–H groups in total. The monoisotopic (exact) mass is 569 g/mol. The van der Waals surface area contributed by atoms with E-state index in [0.717, 1.165) is 44.1 Å². The Balaban J connectivity index is 1.14. The fourth-order valence-electron chi connectivity index (χ4n) is 9.29. The number of ether oxygens (including phenoxy) is 1. The summed E-state index contributed by atoms with van der Waals surface area (Å²) in [7, 11) is 0. The lowest BCUT2D eigenvalue weighted by Crippen LogP contribution is -2.62.